The van der Waals surface area contributed by atoms with Gasteiger partial charge in [-0.05, 0) is 48.8 Å². The smallest absolute Gasteiger partial charge is 0.277 e. The third kappa shape index (κ3) is 5.94. The molecular formula is C20H27N5O2S2. The summed E-state index contributed by atoms with van der Waals surface area (Å²) in [6.07, 6.45) is 9.01. The van der Waals surface area contributed by atoms with Gasteiger partial charge >= 0.3 is 0 Å². The fourth-order valence-corrected chi connectivity index (χ4v) is 4.50. The zero-order valence-electron chi connectivity index (χ0n) is 16.9. The number of nitrogens with one attached hydrogen (secondary N) is 3. The minimum absolute atomic E-state index is 0.0381. The van der Waals surface area contributed by atoms with Gasteiger partial charge in [-0.25, -0.2) is 15.4 Å². The maximum absolute atomic E-state index is 12.7. The number of carbonyl (C=O) groups excluding carboxylic acids is 1. The molecule has 1 aromatic rings. The van der Waals surface area contributed by atoms with Crippen LogP contribution >= 0.6 is 23.1 Å². The van der Waals surface area contributed by atoms with Gasteiger partial charge in [-0.15, -0.1) is 23.1 Å². The average molecular weight is 434 g/mol. The van der Waals surface area contributed by atoms with Crippen molar-refractivity contribution in [1.29, 1.82) is 0 Å². The van der Waals surface area contributed by atoms with Crippen LogP contribution in [0.4, 0.5) is 0 Å². The molecule has 7 nitrogen and oxygen atoms in total. The summed E-state index contributed by atoms with van der Waals surface area (Å²) in [5.74, 6) is 2.07. The predicted molar refractivity (Wildman–Crippen MR) is 121 cm³/mol. The summed E-state index contributed by atoms with van der Waals surface area (Å²) in [7, 11) is 1.73. The fourth-order valence-electron chi connectivity index (χ4n) is 2.92. The van der Waals surface area contributed by atoms with Crippen LogP contribution in [-0.2, 0) is 4.74 Å². The third-order valence-electron chi connectivity index (χ3n) is 4.26. The van der Waals surface area contributed by atoms with Gasteiger partial charge in [-0.3, -0.25) is 15.5 Å². The molecule has 156 valence electrons. The Labute approximate surface area is 179 Å². The summed E-state index contributed by atoms with van der Waals surface area (Å²) in [5.41, 5.74) is 8.38. The fraction of sp³-hybridized carbons (Fsp3) is 0.450. The lowest BCUT2D eigenvalue weighted by molar-refractivity contribution is 0.0971. The second-order valence-corrected chi connectivity index (χ2v) is 8.86. The van der Waals surface area contributed by atoms with Gasteiger partial charge in [0.2, 0.25) is 5.96 Å². The largest absolute Gasteiger partial charge is 0.493 e. The van der Waals surface area contributed by atoms with E-state index in [1.807, 2.05) is 13.0 Å². The molecule has 2 aliphatic rings. The second kappa shape index (κ2) is 10.6. The summed E-state index contributed by atoms with van der Waals surface area (Å²) in [5, 5.41) is 5.49. The summed E-state index contributed by atoms with van der Waals surface area (Å²) in [6, 6.07) is 0. The number of thioether (sulfide) groups is 1. The molecule has 1 amide bonds. The molecule has 1 aliphatic carbocycles. The highest BCUT2D eigenvalue weighted by Gasteiger charge is 2.19. The van der Waals surface area contributed by atoms with Crippen LogP contribution in [0.5, 0.6) is 0 Å². The first-order valence-corrected chi connectivity index (χ1v) is 11.7. The van der Waals surface area contributed by atoms with Crippen molar-refractivity contribution in [3.8, 4) is 0 Å². The average Bonchev–Trinajstić information content (AvgIpc) is 3.32. The number of hydrogen-bond donors (Lipinski definition) is 3. The lowest BCUT2D eigenvalue weighted by Crippen LogP contribution is -2.46. The van der Waals surface area contributed by atoms with Gasteiger partial charge in [0, 0.05) is 18.8 Å². The number of nitrogens with zero attached hydrogens (tertiary/aromatic N) is 2. The Morgan fingerprint density at radius 3 is 3.14 bits per heavy atom. The van der Waals surface area contributed by atoms with E-state index in [0.29, 0.717) is 11.7 Å². The van der Waals surface area contributed by atoms with E-state index in [4.69, 9.17) is 4.74 Å². The van der Waals surface area contributed by atoms with Gasteiger partial charge in [0.15, 0.2) is 0 Å². The van der Waals surface area contributed by atoms with Gasteiger partial charge in [-0.2, -0.15) is 0 Å². The normalized spacial score (nSPS) is 17.3. The highest BCUT2D eigenvalue weighted by atomic mass is 32.2. The van der Waals surface area contributed by atoms with Crippen molar-refractivity contribution in [3.63, 3.8) is 0 Å². The van der Waals surface area contributed by atoms with Crippen molar-refractivity contribution < 1.29 is 9.53 Å². The highest BCUT2D eigenvalue weighted by Crippen LogP contribution is 2.31. The summed E-state index contributed by atoms with van der Waals surface area (Å²) in [6.45, 7) is 4.86. The van der Waals surface area contributed by atoms with Gasteiger partial charge in [0.1, 0.15) is 16.5 Å². The lowest BCUT2D eigenvalue weighted by Gasteiger charge is -2.12. The zero-order chi connectivity index (χ0) is 20.6. The van der Waals surface area contributed by atoms with Crippen molar-refractivity contribution in [2.24, 2.45) is 4.99 Å². The number of ether oxygens (including phenoxy) is 1. The van der Waals surface area contributed by atoms with Crippen LogP contribution in [-0.4, -0.2) is 41.6 Å². The van der Waals surface area contributed by atoms with Crippen LogP contribution in [0.25, 0.3) is 5.57 Å². The van der Waals surface area contributed by atoms with Crippen LogP contribution in [0.15, 0.2) is 39.9 Å². The summed E-state index contributed by atoms with van der Waals surface area (Å²) < 4.78 is 5.63. The maximum atomic E-state index is 12.7. The predicted octanol–water partition coefficient (Wildman–Crippen LogP) is 3.46. The van der Waals surface area contributed by atoms with Gasteiger partial charge in [-0.1, -0.05) is 13.0 Å². The van der Waals surface area contributed by atoms with E-state index in [1.165, 1.54) is 16.9 Å². The van der Waals surface area contributed by atoms with Crippen LogP contribution in [0.3, 0.4) is 0 Å². The summed E-state index contributed by atoms with van der Waals surface area (Å²) >= 11 is 3.21. The van der Waals surface area contributed by atoms with Gasteiger partial charge in [0.05, 0.1) is 12.0 Å². The van der Waals surface area contributed by atoms with Crippen LogP contribution in [0.1, 0.15) is 48.6 Å². The van der Waals surface area contributed by atoms with Gasteiger partial charge in [0.25, 0.3) is 5.91 Å². The Kier molecular flexibility index (Phi) is 7.91. The van der Waals surface area contributed by atoms with Gasteiger partial charge < -0.3 is 4.74 Å². The van der Waals surface area contributed by atoms with E-state index in [2.05, 4.69) is 45.2 Å². The Hall–Kier alpha value is -2.10. The van der Waals surface area contributed by atoms with E-state index < -0.39 is 0 Å². The SMILES string of the molecule is CCCSC(C)/N=C(\NNC)NC(=O)c1csc(C2=CC3=C(C=CC2)OCC3)n1. The van der Waals surface area contributed by atoms with Crippen molar-refractivity contribution in [2.75, 3.05) is 19.4 Å². The number of guanidine groups is 1. The van der Waals surface area contributed by atoms with E-state index in [0.717, 1.165) is 48.0 Å². The molecule has 0 radical (unpaired) electrons. The third-order valence-corrected chi connectivity index (χ3v) is 6.41. The topological polar surface area (TPSA) is 87.6 Å². The number of allylic oxidation sites excluding steroid dienone is 4. The summed E-state index contributed by atoms with van der Waals surface area (Å²) in [4.78, 5) is 21.8. The Morgan fingerprint density at radius 1 is 1.48 bits per heavy atom. The van der Waals surface area contributed by atoms with Crippen LogP contribution in [0.2, 0.25) is 0 Å². The molecule has 1 aliphatic heterocycles. The molecule has 3 N–H and O–H groups in total. The molecule has 1 unspecified atom stereocenters. The Bertz CT molecular complexity index is 857. The van der Waals surface area contributed by atoms with E-state index in [1.54, 1.807) is 24.2 Å². The highest BCUT2D eigenvalue weighted by molar-refractivity contribution is 7.99. The number of carbonyl (C=O) groups is 1. The molecule has 1 aromatic heterocycles. The number of hydrogen-bond acceptors (Lipinski definition) is 7. The Balaban J connectivity index is 1.70. The zero-order valence-corrected chi connectivity index (χ0v) is 18.6. The molecule has 9 heteroatoms. The number of hydrazine groups is 1. The molecule has 29 heavy (non-hydrogen) atoms. The number of rotatable bonds is 7. The molecular weight excluding hydrogens is 406 g/mol. The quantitative estimate of drug-likeness (QED) is 0.347. The first kappa shape index (κ1) is 21.6. The molecule has 0 saturated carbocycles. The van der Waals surface area contributed by atoms with Crippen LogP contribution < -0.4 is 16.2 Å². The molecule has 1 atom stereocenters. The van der Waals surface area contributed by atoms with Crippen molar-refractivity contribution in [1.82, 2.24) is 21.2 Å². The molecule has 0 aromatic carbocycles. The lowest BCUT2D eigenvalue weighted by atomic mass is 10.1. The van der Waals surface area contributed by atoms with E-state index in [-0.39, 0.29) is 11.3 Å². The molecule has 0 fully saturated rings. The van der Waals surface area contributed by atoms with E-state index in [9.17, 15) is 4.79 Å². The number of aromatic nitrogens is 1. The molecule has 0 spiro atoms. The molecule has 0 bridgehead atoms. The van der Waals surface area contributed by atoms with Crippen molar-refractivity contribution in [3.05, 3.63) is 45.6 Å². The van der Waals surface area contributed by atoms with Crippen molar-refractivity contribution in [2.45, 2.75) is 38.5 Å². The number of aliphatic imine (C=N–C) groups is 1. The standard InChI is InChI=1S/C20H27N5O2S2/c1-4-10-28-13(2)22-20(25-21-3)24-18(26)16-12-29-19(23-16)15-6-5-7-17-14(11-15)8-9-27-17/h5,7,11-13,21H,4,6,8-10H2,1-3H3,(H2,22,24,25,26). The Morgan fingerprint density at radius 2 is 2.34 bits per heavy atom. The van der Waals surface area contributed by atoms with Crippen LogP contribution in [0, 0.1) is 0 Å². The second-order valence-electron chi connectivity index (χ2n) is 6.58. The minimum atomic E-state index is -0.282. The molecule has 0 saturated heterocycles. The molecule has 2 heterocycles. The first-order valence-electron chi connectivity index (χ1n) is 9.73. The first-order chi connectivity index (χ1) is 14.1. The molecule has 3 rings (SSSR count). The maximum Gasteiger partial charge on any atom is 0.277 e. The minimum Gasteiger partial charge on any atom is -0.493 e. The number of thiazole rings is 1. The van der Waals surface area contributed by atoms with Crippen molar-refractivity contribution >= 4 is 40.5 Å². The monoisotopic (exact) mass is 433 g/mol. The number of amides is 1. The van der Waals surface area contributed by atoms with E-state index >= 15 is 0 Å².